The van der Waals surface area contributed by atoms with Crippen LogP contribution in [0.15, 0.2) is 37.7 Å². The average Bonchev–Trinajstić information content (AvgIpc) is 3.19. The molecule has 0 spiro atoms. The van der Waals surface area contributed by atoms with Gasteiger partial charge in [-0.1, -0.05) is 31.9 Å². The van der Waals surface area contributed by atoms with Gasteiger partial charge in [-0.2, -0.15) is 5.10 Å². The van der Waals surface area contributed by atoms with Gasteiger partial charge in [0.15, 0.2) is 5.78 Å². The Bertz CT molecular complexity index is 741. The van der Waals surface area contributed by atoms with Crippen LogP contribution < -0.4 is 5.73 Å². The summed E-state index contributed by atoms with van der Waals surface area (Å²) >= 11 is 0. The van der Waals surface area contributed by atoms with Crippen LogP contribution >= 0.6 is 0 Å². The maximum Gasteiger partial charge on any atom is 0.168 e. The lowest BCUT2D eigenvalue weighted by molar-refractivity contribution is 0.0978. The van der Waals surface area contributed by atoms with Crippen molar-refractivity contribution in [2.75, 3.05) is 0 Å². The number of hydrogen-bond acceptors (Lipinski definition) is 4. The monoisotopic (exact) mass is 341 g/mol. The molecule has 0 aliphatic rings. The summed E-state index contributed by atoms with van der Waals surface area (Å²) in [5.41, 5.74) is 7.20. The number of hydrogen-bond donors (Lipinski definition) is 1. The van der Waals surface area contributed by atoms with Crippen LogP contribution in [0.25, 0.3) is 5.82 Å². The normalized spacial score (nSPS) is 10.8. The number of rotatable bonds is 11. The third-order valence-corrected chi connectivity index (χ3v) is 4.05. The first-order chi connectivity index (χ1) is 12.2. The van der Waals surface area contributed by atoms with Crippen molar-refractivity contribution in [2.45, 2.75) is 52.1 Å². The molecule has 25 heavy (non-hydrogen) atoms. The number of aromatic nitrogens is 4. The second kappa shape index (κ2) is 9.13. The number of imidazole rings is 1. The number of carbonyl (C=O) groups is 1. The largest absolute Gasteiger partial charge is 0.324 e. The van der Waals surface area contributed by atoms with Crippen LogP contribution in [0, 0.1) is 0 Å². The third kappa shape index (κ3) is 4.14. The second-order valence-corrected chi connectivity index (χ2v) is 5.91. The molecule has 2 aromatic rings. The van der Waals surface area contributed by atoms with Gasteiger partial charge >= 0.3 is 0 Å². The Labute approximate surface area is 149 Å². The highest BCUT2D eigenvalue weighted by molar-refractivity contribution is 6.00. The van der Waals surface area contributed by atoms with Crippen LogP contribution in [0.4, 0.5) is 0 Å². The molecule has 0 bridgehead atoms. The Balaban J connectivity index is 2.58. The Morgan fingerprint density at radius 2 is 2.12 bits per heavy atom. The Morgan fingerprint density at radius 3 is 2.76 bits per heavy atom. The molecule has 0 aromatic carbocycles. The summed E-state index contributed by atoms with van der Waals surface area (Å²) < 4.78 is 3.65. The minimum atomic E-state index is 0.104. The lowest BCUT2D eigenvalue weighted by Crippen LogP contribution is -2.14. The summed E-state index contributed by atoms with van der Waals surface area (Å²) in [5.74, 6) is 1.52. The molecule has 0 amide bonds. The van der Waals surface area contributed by atoms with Crippen LogP contribution in [-0.2, 0) is 19.5 Å². The molecular weight excluding hydrogens is 314 g/mol. The van der Waals surface area contributed by atoms with E-state index in [0.717, 1.165) is 30.8 Å². The molecule has 0 unspecified atom stereocenters. The van der Waals surface area contributed by atoms with Gasteiger partial charge in [-0.05, 0) is 6.42 Å². The van der Waals surface area contributed by atoms with Crippen molar-refractivity contribution in [3.05, 3.63) is 54.8 Å². The fourth-order valence-corrected chi connectivity index (χ4v) is 2.90. The molecule has 0 radical (unpaired) electrons. The van der Waals surface area contributed by atoms with Crippen molar-refractivity contribution in [1.29, 1.82) is 0 Å². The molecule has 134 valence electrons. The standard InChI is InChI=1S/C19H27N5O/c1-4-7-8-10-16(25)18-15(9-5-2)22-24(12-6-3)19(18)23-13-11-21-17(23)14-20/h5-6,11,13H,2-4,7-10,12,14,20H2,1H3. The lowest BCUT2D eigenvalue weighted by Gasteiger charge is -2.11. The topological polar surface area (TPSA) is 78.7 Å². The number of allylic oxidation sites excluding steroid dienone is 2. The van der Waals surface area contributed by atoms with Crippen molar-refractivity contribution in [3.63, 3.8) is 0 Å². The molecule has 6 nitrogen and oxygen atoms in total. The summed E-state index contributed by atoms with van der Waals surface area (Å²) in [6.45, 7) is 10.5. The maximum atomic E-state index is 13.0. The fraction of sp³-hybridized carbons (Fsp3) is 0.421. The summed E-state index contributed by atoms with van der Waals surface area (Å²) in [4.78, 5) is 17.3. The molecule has 0 saturated carbocycles. The molecule has 0 atom stereocenters. The van der Waals surface area contributed by atoms with Gasteiger partial charge in [0.1, 0.15) is 11.6 Å². The van der Waals surface area contributed by atoms with Crippen LogP contribution in [0.5, 0.6) is 0 Å². The minimum absolute atomic E-state index is 0.104. The quantitative estimate of drug-likeness (QED) is 0.387. The zero-order chi connectivity index (χ0) is 18.2. The number of nitrogens with zero attached hydrogens (tertiary/aromatic N) is 4. The first-order valence-electron chi connectivity index (χ1n) is 8.75. The Morgan fingerprint density at radius 1 is 1.32 bits per heavy atom. The minimum Gasteiger partial charge on any atom is -0.324 e. The summed E-state index contributed by atoms with van der Waals surface area (Å²) in [7, 11) is 0. The van der Waals surface area contributed by atoms with Crippen LogP contribution in [0.2, 0.25) is 0 Å². The zero-order valence-corrected chi connectivity index (χ0v) is 14.9. The lowest BCUT2D eigenvalue weighted by atomic mass is 10.0. The van der Waals surface area contributed by atoms with Crippen LogP contribution in [0.1, 0.15) is 54.5 Å². The number of Topliss-reactive ketones (excluding diaryl/α,β-unsaturated/α-hetero) is 1. The van der Waals surface area contributed by atoms with E-state index in [1.165, 1.54) is 0 Å². The molecule has 2 aromatic heterocycles. The van der Waals surface area contributed by atoms with Crippen molar-refractivity contribution < 1.29 is 4.79 Å². The van der Waals surface area contributed by atoms with E-state index in [9.17, 15) is 4.79 Å². The second-order valence-electron chi connectivity index (χ2n) is 5.91. The molecule has 2 heterocycles. The fourth-order valence-electron chi connectivity index (χ4n) is 2.90. The summed E-state index contributed by atoms with van der Waals surface area (Å²) in [6, 6.07) is 0. The highest BCUT2D eigenvalue weighted by atomic mass is 16.1. The SMILES string of the molecule is C=CCc1nn(CC=C)c(-n2ccnc2CN)c1C(=O)CCCCC. The molecule has 2 N–H and O–H groups in total. The van der Waals surface area contributed by atoms with Gasteiger partial charge < -0.3 is 5.73 Å². The maximum absolute atomic E-state index is 13.0. The van der Waals surface area contributed by atoms with E-state index < -0.39 is 0 Å². The molecule has 0 aliphatic carbocycles. The van der Waals surface area contributed by atoms with Gasteiger partial charge in [0.05, 0.1) is 24.3 Å². The number of nitrogens with two attached hydrogens (primary N) is 1. The van der Waals surface area contributed by atoms with E-state index >= 15 is 0 Å². The van der Waals surface area contributed by atoms with Crippen molar-refractivity contribution in [1.82, 2.24) is 19.3 Å². The van der Waals surface area contributed by atoms with Gasteiger partial charge in [-0.25, -0.2) is 9.67 Å². The zero-order valence-electron chi connectivity index (χ0n) is 14.9. The number of unbranched alkanes of at least 4 members (excludes halogenated alkanes) is 2. The van der Waals surface area contributed by atoms with Crippen LogP contribution in [0.3, 0.4) is 0 Å². The highest BCUT2D eigenvalue weighted by Crippen LogP contribution is 2.24. The van der Waals surface area contributed by atoms with Crippen molar-refractivity contribution in [3.8, 4) is 5.82 Å². The van der Waals surface area contributed by atoms with Gasteiger partial charge in [0.25, 0.3) is 0 Å². The van der Waals surface area contributed by atoms with Gasteiger partial charge in [-0.15, -0.1) is 13.2 Å². The highest BCUT2D eigenvalue weighted by Gasteiger charge is 2.24. The molecule has 6 heteroatoms. The molecule has 0 aliphatic heterocycles. The smallest absolute Gasteiger partial charge is 0.168 e. The molecular formula is C19H27N5O. The van der Waals surface area contributed by atoms with Crippen LogP contribution in [-0.4, -0.2) is 25.1 Å². The van der Waals surface area contributed by atoms with Gasteiger partial charge in [0.2, 0.25) is 0 Å². The Kier molecular flexibility index (Phi) is 6.89. The molecule has 0 fully saturated rings. The van der Waals surface area contributed by atoms with Gasteiger partial charge in [-0.3, -0.25) is 9.36 Å². The van der Waals surface area contributed by atoms with E-state index in [2.05, 4.69) is 30.2 Å². The predicted octanol–water partition coefficient (Wildman–Crippen LogP) is 3.21. The van der Waals surface area contributed by atoms with E-state index in [0.29, 0.717) is 30.8 Å². The molecule has 0 saturated heterocycles. The predicted molar refractivity (Wildman–Crippen MR) is 99.8 cm³/mol. The third-order valence-electron chi connectivity index (χ3n) is 4.05. The number of ketones is 1. The van der Waals surface area contributed by atoms with Crippen molar-refractivity contribution >= 4 is 5.78 Å². The first-order valence-corrected chi connectivity index (χ1v) is 8.75. The number of carbonyl (C=O) groups excluding carboxylic acids is 1. The van der Waals surface area contributed by atoms with E-state index in [1.807, 2.05) is 10.8 Å². The van der Waals surface area contributed by atoms with E-state index in [4.69, 9.17) is 5.73 Å². The van der Waals surface area contributed by atoms with Crippen molar-refractivity contribution in [2.24, 2.45) is 5.73 Å². The first kappa shape index (κ1) is 18.9. The van der Waals surface area contributed by atoms with Gasteiger partial charge in [0, 0.05) is 25.2 Å². The average molecular weight is 341 g/mol. The van der Waals surface area contributed by atoms with E-state index in [-0.39, 0.29) is 12.3 Å². The van der Waals surface area contributed by atoms with E-state index in [1.54, 1.807) is 23.0 Å². The molecule has 2 rings (SSSR count). The summed E-state index contributed by atoms with van der Waals surface area (Å²) in [6.07, 6.45) is 11.1. The Hall–Kier alpha value is -2.47. The summed E-state index contributed by atoms with van der Waals surface area (Å²) in [5, 5.41) is 4.63.